The highest BCUT2D eigenvalue weighted by atomic mass is 35.5. The van der Waals surface area contributed by atoms with Gasteiger partial charge in [-0.3, -0.25) is 13.9 Å². The number of carbonyl (C=O) groups is 2. The van der Waals surface area contributed by atoms with Gasteiger partial charge in [-0.1, -0.05) is 65.7 Å². The van der Waals surface area contributed by atoms with E-state index in [0.717, 1.165) is 9.87 Å². The Hall–Kier alpha value is -3.36. The number of halogens is 1. The number of nitrogens with zero attached hydrogens (tertiary/aromatic N) is 2. The van der Waals surface area contributed by atoms with Crippen LogP contribution in [-0.2, 0) is 26.2 Å². The molecule has 0 fully saturated rings. The SMILES string of the molecule is Cc1ccc(N(CC(=O)N(Cc2ccccc2Cl)C(C)C(=O)NC(C)(C)C)S(=O)(=O)c2ccccc2)c(C)c1. The van der Waals surface area contributed by atoms with Gasteiger partial charge >= 0.3 is 0 Å². The van der Waals surface area contributed by atoms with Crippen LogP contribution in [0.1, 0.15) is 44.4 Å². The predicted octanol–water partition coefficient (Wildman–Crippen LogP) is 5.48. The van der Waals surface area contributed by atoms with Gasteiger partial charge in [0, 0.05) is 17.1 Å². The molecule has 7 nitrogen and oxygen atoms in total. The number of rotatable bonds is 9. The summed E-state index contributed by atoms with van der Waals surface area (Å²) in [5.41, 5.74) is 2.19. The number of hydrogen-bond donors (Lipinski definition) is 1. The van der Waals surface area contributed by atoms with E-state index in [9.17, 15) is 18.0 Å². The second kappa shape index (κ2) is 12.2. The van der Waals surface area contributed by atoms with Gasteiger partial charge in [0.15, 0.2) is 0 Å². The Morgan fingerprint density at radius 1 is 0.949 bits per heavy atom. The van der Waals surface area contributed by atoms with Crippen molar-refractivity contribution in [2.24, 2.45) is 0 Å². The number of sulfonamides is 1. The lowest BCUT2D eigenvalue weighted by atomic mass is 10.1. The molecule has 3 aromatic rings. The van der Waals surface area contributed by atoms with Crippen LogP contribution in [0, 0.1) is 13.8 Å². The molecule has 0 spiro atoms. The van der Waals surface area contributed by atoms with Gasteiger partial charge < -0.3 is 10.2 Å². The zero-order chi connectivity index (χ0) is 29.0. The third-order valence-corrected chi connectivity index (χ3v) is 8.34. The second-order valence-electron chi connectivity index (χ2n) is 10.6. The van der Waals surface area contributed by atoms with Crippen LogP contribution in [0.5, 0.6) is 0 Å². The Bertz CT molecular complexity index is 1440. The monoisotopic (exact) mass is 569 g/mol. The van der Waals surface area contributed by atoms with Gasteiger partial charge in [0.25, 0.3) is 10.0 Å². The lowest BCUT2D eigenvalue weighted by Crippen LogP contribution is -2.54. The molecule has 1 N–H and O–H groups in total. The predicted molar refractivity (Wildman–Crippen MR) is 156 cm³/mol. The first-order chi connectivity index (χ1) is 18.2. The minimum absolute atomic E-state index is 0.0311. The Labute approximate surface area is 236 Å². The maximum Gasteiger partial charge on any atom is 0.264 e. The fourth-order valence-corrected chi connectivity index (χ4v) is 5.88. The molecule has 0 saturated heterocycles. The van der Waals surface area contributed by atoms with E-state index in [-0.39, 0.29) is 17.3 Å². The summed E-state index contributed by atoms with van der Waals surface area (Å²) >= 11 is 6.41. The Kier molecular flexibility index (Phi) is 9.46. The highest BCUT2D eigenvalue weighted by Crippen LogP contribution is 2.28. The van der Waals surface area contributed by atoms with E-state index in [0.29, 0.717) is 21.8 Å². The fourth-order valence-electron chi connectivity index (χ4n) is 4.19. The van der Waals surface area contributed by atoms with E-state index in [1.807, 2.05) is 33.8 Å². The van der Waals surface area contributed by atoms with E-state index in [4.69, 9.17) is 11.6 Å². The standard InChI is InChI=1S/C30H36ClN3O4S/c1-21-16-17-27(22(2)18-21)34(39(37,38)25-13-8-7-9-14-25)20-28(35)33(19-24-12-10-11-15-26(24)31)23(3)29(36)32-30(4,5)6/h7-18,23H,19-20H2,1-6H3,(H,32,36). The highest BCUT2D eigenvalue weighted by Gasteiger charge is 2.34. The molecule has 0 aliphatic carbocycles. The molecule has 3 aromatic carbocycles. The van der Waals surface area contributed by atoms with Gasteiger partial charge in [0.05, 0.1) is 10.6 Å². The minimum Gasteiger partial charge on any atom is -0.350 e. The van der Waals surface area contributed by atoms with Crippen molar-refractivity contribution in [1.29, 1.82) is 0 Å². The summed E-state index contributed by atoms with van der Waals surface area (Å²) in [7, 11) is -4.11. The molecule has 2 amide bonds. The van der Waals surface area contributed by atoms with Gasteiger partial charge in [-0.15, -0.1) is 0 Å². The third kappa shape index (κ3) is 7.61. The average Bonchev–Trinajstić information content (AvgIpc) is 2.86. The maximum absolute atomic E-state index is 14.0. The number of nitrogens with one attached hydrogen (secondary N) is 1. The summed E-state index contributed by atoms with van der Waals surface area (Å²) in [6.07, 6.45) is 0. The lowest BCUT2D eigenvalue weighted by Gasteiger charge is -2.34. The van der Waals surface area contributed by atoms with Crippen molar-refractivity contribution in [3.63, 3.8) is 0 Å². The van der Waals surface area contributed by atoms with Crippen LogP contribution in [0.4, 0.5) is 5.69 Å². The number of hydrogen-bond acceptors (Lipinski definition) is 4. The molecular weight excluding hydrogens is 534 g/mol. The third-order valence-electron chi connectivity index (χ3n) is 6.20. The van der Waals surface area contributed by atoms with Gasteiger partial charge in [0.2, 0.25) is 11.8 Å². The van der Waals surface area contributed by atoms with Crippen molar-refractivity contribution in [2.45, 2.75) is 64.6 Å². The van der Waals surface area contributed by atoms with Crippen LogP contribution in [0.25, 0.3) is 0 Å². The van der Waals surface area contributed by atoms with E-state index in [2.05, 4.69) is 5.32 Å². The molecule has 1 atom stereocenters. The van der Waals surface area contributed by atoms with Crippen LogP contribution in [-0.4, -0.2) is 43.3 Å². The Morgan fingerprint density at radius 3 is 2.15 bits per heavy atom. The minimum atomic E-state index is -4.11. The molecule has 0 heterocycles. The van der Waals surface area contributed by atoms with Crippen molar-refractivity contribution < 1.29 is 18.0 Å². The van der Waals surface area contributed by atoms with Crippen LogP contribution in [0.2, 0.25) is 5.02 Å². The summed E-state index contributed by atoms with van der Waals surface area (Å²) in [6, 6.07) is 19.5. The fraction of sp³-hybridized carbons (Fsp3) is 0.333. The number of anilines is 1. The summed E-state index contributed by atoms with van der Waals surface area (Å²) in [6.45, 7) is 10.4. The number of carbonyl (C=O) groups excluding carboxylic acids is 2. The van der Waals surface area contributed by atoms with Gasteiger partial charge in [-0.05, 0) is 76.9 Å². The van der Waals surface area contributed by atoms with E-state index in [1.165, 1.54) is 17.0 Å². The summed E-state index contributed by atoms with van der Waals surface area (Å²) in [5, 5.41) is 3.36. The highest BCUT2D eigenvalue weighted by molar-refractivity contribution is 7.92. The summed E-state index contributed by atoms with van der Waals surface area (Å²) < 4.78 is 28.9. The molecule has 1 unspecified atom stereocenters. The van der Waals surface area contributed by atoms with E-state index < -0.39 is 34.1 Å². The zero-order valence-corrected chi connectivity index (χ0v) is 24.8. The van der Waals surface area contributed by atoms with Crippen molar-refractivity contribution in [2.75, 3.05) is 10.8 Å². The first-order valence-corrected chi connectivity index (χ1v) is 14.5. The molecule has 208 valence electrons. The van der Waals surface area contributed by atoms with Crippen LogP contribution >= 0.6 is 11.6 Å². The Balaban J connectivity index is 2.07. The molecule has 0 aliphatic heterocycles. The number of aryl methyl sites for hydroxylation is 2. The van der Waals surface area contributed by atoms with Crippen LogP contribution in [0.15, 0.2) is 77.7 Å². The molecule has 0 aromatic heterocycles. The maximum atomic E-state index is 14.0. The topological polar surface area (TPSA) is 86.8 Å². The second-order valence-corrected chi connectivity index (χ2v) is 12.9. The van der Waals surface area contributed by atoms with E-state index >= 15 is 0 Å². The summed E-state index contributed by atoms with van der Waals surface area (Å²) in [4.78, 5) is 28.6. The molecule has 9 heteroatoms. The smallest absolute Gasteiger partial charge is 0.264 e. The van der Waals surface area contributed by atoms with Crippen molar-refractivity contribution in [3.05, 3.63) is 94.5 Å². The zero-order valence-electron chi connectivity index (χ0n) is 23.2. The largest absolute Gasteiger partial charge is 0.350 e. The first-order valence-electron chi connectivity index (χ1n) is 12.7. The quantitative estimate of drug-likeness (QED) is 0.369. The Morgan fingerprint density at radius 2 is 1.56 bits per heavy atom. The lowest BCUT2D eigenvalue weighted by molar-refractivity contribution is -0.140. The molecule has 0 saturated carbocycles. The molecule has 0 bridgehead atoms. The first kappa shape index (κ1) is 30.2. The summed E-state index contributed by atoms with van der Waals surface area (Å²) in [5.74, 6) is -0.891. The molecule has 3 rings (SSSR count). The molecule has 0 aliphatic rings. The number of benzene rings is 3. The van der Waals surface area contributed by atoms with Gasteiger partial charge in [-0.25, -0.2) is 8.42 Å². The van der Waals surface area contributed by atoms with Gasteiger partial charge in [-0.2, -0.15) is 0 Å². The van der Waals surface area contributed by atoms with Gasteiger partial charge in [0.1, 0.15) is 12.6 Å². The number of amides is 2. The normalized spacial score (nSPS) is 12.5. The average molecular weight is 570 g/mol. The van der Waals surface area contributed by atoms with Crippen molar-refractivity contribution in [1.82, 2.24) is 10.2 Å². The molecule has 39 heavy (non-hydrogen) atoms. The molecule has 0 radical (unpaired) electrons. The molecular formula is C30H36ClN3O4S. The van der Waals surface area contributed by atoms with E-state index in [1.54, 1.807) is 68.4 Å². The van der Waals surface area contributed by atoms with Crippen molar-refractivity contribution >= 4 is 39.1 Å². The van der Waals surface area contributed by atoms with Crippen LogP contribution in [0.3, 0.4) is 0 Å². The van der Waals surface area contributed by atoms with Crippen LogP contribution < -0.4 is 9.62 Å². The van der Waals surface area contributed by atoms with Crippen molar-refractivity contribution in [3.8, 4) is 0 Å².